The van der Waals surface area contributed by atoms with Crippen LogP contribution in [0.15, 0.2) is 17.0 Å². The molecule has 0 aromatic heterocycles. The molecule has 3 heteroatoms. The third-order valence-corrected chi connectivity index (χ3v) is 1.62. The van der Waals surface area contributed by atoms with E-state index in [1.54, 1.807) is 6.20 Å². The molecule has 0 fully saturated rings. The van der Waals surface area contributed by atoms with Gasteiger partial charge in [0.25, 0.3) is 0 Å². The first-order chi connectivity index (χ1) is 5.85. The fourth-order valence-electron chi connectivity index (χ4n) is 0.972. The lowest BCUT2D eigenvalue weighted by Crippen LogP contribution is -2.14. The molecule has 0 heterocycles. The first-order valence-corrected chi connectivity index (χ1v) is 4.64. The summed E-state index contributed by atoms with van der Waals surface area (Å²) in [6, 6.07) is 0. The molecule has 0 spiro atoms. The van der Waals surface area contributed by atoms with Crippen molar-refractivity contribution in [1.29, 1.82) is 5.53 Å². The maximum atomic E-state index is 6.70. The Hall–Kier alpha value is -0.860. The fraction of sp³-hybridized carbons (Fsp3) is 0.778. The van der Waals surface area contributed by atoms with Crippen LogP contribution in [0, 0.1) is 5.53 Å². The molecule has 0 bridgehead atoms. The van der Waals surface area contributed by atoms with Crippen molar-refractivity contribution in [2.24, 2.45) is 5.11 Å². The van der Waals surface area contributed by atoms with E-state index >= 15 is 0 Å². The van der Waals surface area contributed by atoms with E-state index in [4.69, 9.17) is 5.53 Å². The molecular formula is C9H19N3. The lowest BCUT2D eigenvalue weighted by atomic mass is 10.2. The second-order valence-corrected chi connectivity index (χ2v) is 2.81. The van der Waals surface area contributed by atoms with E-state index in [-0.39, 0.29) is 0 Å². The van der Waals surface area contributed by atoms with Gasteiger partial charge in [-0.25, -0.2) is 5.53 Å². The summed E-state index contributed by atoms with van der Waals surface area (Å²) in [6.45, 7) is 5.29. The zero-order valence-electron chi connectivity index (χ0n) is 8.06. The normalized spacial score (nSPS) is 11.3. The van der Waals surface area contributed by atoms with E-state index in [0.29, 0.717) is 0 Å². The average molecular weight is 169 g/mol. The van der Waals surface area contributed by atoms with Gasteiger partial charge in [-0.1, -0.05) is 26.7 Å². The summed E-state index contributed by atoms with van der Waals surface area (Å²) in [6.07, 6.45) is 6.06. The lowest BCUT2D eigenvalue weighted by molar-refractivity contribution is 0.676. The van der Waals surface area contributed by atoms with Gasteiger partial charge in [-0.15, -0.1) is 0 Å². The van der Waals surface area contributed by atoms with Gasteiger partial charge in [-0.05, 0) is 12.8 Å². The van der Waals surface area contributed by atoms with E-state index in [9.17, 15) is 0 Å². The second kappa shape index (κ2) is 8.24. The summed E-state index contributed by atoms with van der Waals surface area (Å²) in [7, 11) is 0. The van der Waals surface area contributed by atoms with Crippen LogP contribution in [0.3, 0.4) is 0 Å². The van der Waals surface area contributed by atoms with Gasteiger partial charge in [0.05, 0.1) is 6.20 Å². The van der Waals surface area contributed by atoms with Crippen molar-refractivity contribution in [2.45, 2.75) is 39.5 Å². The molecule has 12 heavy (non-hydrogen) atoms. The number of nitrogens with one attached hydrogen (secondary N) is 2. The Morgan fingerprint density at radius 1 is 1.42 bits per heavy atom. The minimum absolute atomic E-state index is 0.992. The van der Waals surface area contributed by atoms with Crippen LogP contribution >= 0.6 is 0 Å². The minimum Gasteiger partial charge on any atom is -0.387 e. The van der Waals surface area contributed by atoms with E-state index < -0.39 is 0 Å². The van der Waals surface area contributed by atoms with Crippen LogP contribution < -0.4 is 5.32 Å². The second-order valence-electron chi connectivity index (χ2n) is 2.81. The first-order valence-electron chi connectivity index (χ1n) is 4.64. The maximum Gasteiger partial charge on any atom is 0.0678 e. The predicted octanol–water partition coefficient (Wildman–Crippen LogP) is 3.05. The molecule has 0 aliphatic rings. The minimum atomic E-state index is 0.992. The van der Waals surface area contributed by atoms with E-state index in [0.717, 1.165) is 25.1 Å². The van der Waals surface area contributed by atoms with Gasteiger partial charge in [0.2, 0.25) is 0 Å². The highest BCUT2D eigenvalue weighted by atomic mass is 15.0. The van der Waals surface area contributed by atoms with Gasteiger partial charge >= 0.3 is 0 Å². The van der Waals surface area contributed by atoms with Crippen LogP contribution in [0.25, 0.3) is 0 Å². The Bertz CT molecular complexity index is 141. The predicted molar refractivity (Wildman–Crippen MR) is 51.0 cm³/mol. The van der Waals surface area contributed by atoms with Gasteiger partial charge < -0.3 is 5.32 Å². The molecule has 0 aromatic rings. The van der Waals surface area contributed by atoms with Crippen molar-refractivity contribution >= 4 is 0 Å². The first kappa shape index (κ1) is 11.1. The van der Waals surface area contributed by atoms with Crippen molar-refractivity contribution < 1.29 is 0 Å². The van der Waals surface area contributed by atoms with E-state index in [1.807, 2.05) is 0 Å². The molecule has 0 aromatic carbocycles. The van der Waals surface area contributed by atoms with Gasteiger partial charge in [0.15, 0.2) is 0 Å². The number of allylic oxidation sites excluding steroid dienone is 1. The Morgan fingerprint density at radius 2 is 2.17 bits per heavy atom. The smallest absolute Gasteiger partial charge is 0.0678 e. The molecule has 0 aliphatic heterocycles. The van der Waals surface area contributed by atoms with Crippen molar-refractivity contribution in [3.8, 4) is 0 Å². The number of hydrogen-bond donors (Lipinski definition) is 2. The zero-order chi connectivity index (χ0) is 9.23. The van der Waals surface area contributed by atoms with Crippen molar-refractivity contribution in [2.75, 3.05) is 6.54 Å². The number of hydrogen-bond acceptors (Lipinski definition) is 3. The molecule has 70 valence electrons. The molecule has 0 saturated carbocycles. The number of rotatable bonds is 7. The fourth-order valence-corrected chi connectivity index (χ4v) is 0.972. The third kappa shape index (κ3) is 5.89. The summed E-state index contributed by atoms with van der Waals surface area (Å²) in [4.78, 5) is 0. The summed E-state index contributed by atoms with van der Waals surface area (Å²) in [5.41, 5.74) is 7.78. The standard InChI is InChI=1S/C9H19N3/c1-3-5-7-11-9(6-4-2)8-12-10/h8,10-11H,3-7H2,1-2H3/b9-8-,12-10?. The van der Waals surface area contributed by atoms with Gasteiger partial charge in [0.1, 0.15) is 0 Å². The summed E-state index contributed by atoms with van der Waals surface area (Å²) in [5.74, 6) is 0. The summed E-state index contributed by atoms with van der Waals surface area (Å²) >= 11 is 0. The molecule has 0 radical (unpaired) electrons. The molecule has 0 aliphatic carbocycles. The Kier molecular flexibility index (Phi) is 7.65. The monoisotopic (exact) mass is 169 g/mol. The van der Waals surface area contributed by atoms with Crippen molar-refractivity contribution in [3.05, 3.63) is 11.9 Å². The summed E-state index contributed by atoms with van der Waals surface area (Å²) in [5, 5.41) is 6.53. The van der Waals surface area contributed by atoms with Crippen LogP contribution in [0.2, 0.25) is 0 Å². The van der Waals surface area contributed by atoms with Crippen LogP contribution in [-0.2, 0) is 0 Å². The quantitative estimate of drug-likeness (QED) is 0.446. The molecule has 0 unspecified atom stereocenters. The third-order valence-electron chi connectivity index (χ3n) is 1.62. The van der Waals surface area contributed by atoms with Crippen molar-refractivity contribution in [3.63, 3.8) is 0 Å². The highest BCUT2D eigenvalue weighted by molar-refractivity contribution is 4.97. The SMILES string of the molecule is CCCCN/C(=C\N=N)CCC. The largest absolute Gasteiger partial charge is 0.387 e. The molecular weight excluding hydrogens is 150 g/mol. The highest BCUT2D eigenvalue weighted by Gasteiger charge is 1.93. The topological polar surface area (TPSA) is 48.2 Å². The zero-order valence-corrected chi connectivity index (χ0v) is 8.06. The Balaban J connectivity index is 3.63. The van der Waals surface area contributed by atoms with Crippen LogP contribution in [0.5, 0.6) is 0 Å². The average Bonchev–Trinajstić information content (AvgIpc) is 2.06. The maximum absolute atomic E-state index is 6.70. The Labute approximate surface area is 74.8 Å². The van der Waals surface area contributed by atoms with Crippen molar-refractivity contribution in [1.82, 2.24) is 5.32 Å². The van der Waals surface area contributed by atoms with Crippen LogP contribution in [0.4, 0.5) is 0 Å². The number of unbranched alkanes of at least 4 members (excludes halogenated alkanes) is 1. The lowest BCUT2D eigenvalue weighted by Gasteiger charge is -2.07. The Morgan fingerprint density at radius 3 is 2.67 bits per heavy atom. The number of nitrogens with zero attached hydrogens (tertiary/aromatic N) is 1. The van der Waals surface area contributed by atoms with Crippen LogP contribution in [-0.4, -0.2) is 6.54 Å². The van der Waals surface area contributed by atoms with Gasteiger partial charge in [-0.3, -0.25) is 0 Å². The highest BCUT2D eigenvalue weighted by Crippen LogP contribution is 2.01. The van der Waals surface area contributed by atoms with Gasteiger partial charge in [0, 0.05) is 12.2 Å². The molecule has 2 N–H and O–H groups in total. The molecule has 0 amide bonds. The molecule has 3 nitrogen and oxygen atoms in total. The van der Waals surface area contributed by atoms with E-state index in [2.05, 4.69) is 24.3 Å². The van der Waals surface area contributed by atoms with E-state index in [1.165, 1.54) is 12.8 Å². The molecule has 0 saturated heterocycles. The summed E-state index contributed by atoms with van der Waals surface area (Å²) < 4.78 is 0. The van der Waals surface area contributed by atoms with Gasteiger partial charge in [-0.2, -0.15) is 5.11 Å². The molecule has 0 rings (SSSR count). The van der Waals surface area contributed by atoms with Crippen LogP contribution in [0.1, 0.15) is 39.5 Å². The molecule has 0 atom stereocenters.